The Kier molecular flexibility index (Phi) is 23.0. The lowest BCUT2D eigenvalue weighted by atomic mass is 10.0. The van der Waals surface area contributed by atoms with E-state index in [2.05, 4.69) is 18.8 Å². The van der Waals surface area contributed by atoms with Crippen molar-refractivity contribution < 1.29 is 19.1 Å². The van der Waals surface area contributed by atoms with Crippen LogP contribution in [0, 0.1) is 11.8 Å². The fourth-order valence-electron chi connectivity index (χ4n) is 3.70. The highest BCUT2D eigenvalue weighted by Gasteiger charge is 2.11. The van der Waals surface area contributed by atoms with Gasteiger partial charge in [0.05, 0.1) is 6.61 Å². The summed E-state index contributed by atoms with van der Waals surface area (Å²) in [5.41, 5.74) is 0. The van der Waals surface area contributed by atoms with Crippen molar-refractivity contribution in [3.63, 3.8) is 0 Å². The predicted octanol–water partition coefficient (Wildman–Crippen LogP) is 7.92. The van der Waals surface area contributed by atoms with E-state index in [9.17, 15) is 9.59 Å². The molecule has 0 spiro atoms. The second kappa shape index (κ2) is 24.1. The number of rotatable bonds is 22. The summed E-state index contributed by atoms with van der Waals surface area (Å²) < 4.78 is 10.5. The standard InChI is InChI=1S/C28H50O4/c1-4-7-8-9-10-11-12-13-14-15-16-17-18-19-20-25-31-27(29)23-21-24-28(30)32-26(6-3)22-5-2/h26H,4,6-21,23-25H2,1-3H3. The molecule has 0 radical (unpaired) electrons. The van der Waals surface area contributed by atoms with Crippen LogP contribution >= 0.6 is 0 Å². The fourth-order valence-corrected chi connectivity index (χ4v) is 3.70. The molecule has 0 aromatic carbocycles. The van der Waals surface area contributed by atoms with E-state index in [1.54, 1.807) is 6.92 Å². The topological polar surface area (TPSA) is 52.6 Å². The first kappa shape index (κ1) is 30.5. The van der Waals surface area contributed by atoms with Gasteiger partial charge < -0.3 is 9.47 Å². The van der Waals surface area contributed by atoms with Crippen LogP contribution in [0.3, 0.4) is 0 Å². The zero-order chi connectivity index (χ0) is 23.7. The molecule has 0 aromatic rings. The first-order valence-electron chi connectivity index (χ1n) is 13.4. The Bertz CT molecular complexity index is 503. The van der Waals surface area contributed by atoms with Gasteiger partial charge in [0.1, 0.15) is 0 Å². The number of carbonyl (C=O) groups excluding carboxylic acids is 2. The summed E-state index contributed by atoms with van der Waals surface area (Å²) in [4.78, 5) is 23.5. The Balaban J connectivity index is 3.35. The summed E-state index contributed by atoms with van der Waals surface area (Å²) in [6.07, 6.45) is 21.1. The van der Waals surface area contributed by atoms with Crippen LogP contribution in [-0.2, 0) is 19.1 Å². The molecule has 32 heavy (non-hydrogen) atoms. The fraction of sp³-hybridized carbons (Fsp3) is 0.857. The van der Waals surface area contributed by atoms with Gasteiger partial charge >= 0.3 is 11.9 Å². The summed E-state index contributed by atoms with van der Waals surface area (Å²) in [6.45, 7) is 6.42. The SMILES string of the molecule is CC#CC(CC)OC(=O)CCCC(=O)OCCCCCCCCCCCCCCCCC. The average Bonchev–Trinajstić information content (AvgIpc) is 2.78. The van der Waals surface area contributed by atoms with Gasteiger partial charge in [-0.25, -0.2) is 0 Å². The maximum absolute atomic E-state index is 11.8. The van der Waals surface area contributed by atoms with Gasteiger partial charge in [0.25, 0.3) is 0 Å². The zero-order valence-electron chi connectivity index (χ0n) is 21.4. The zero-order valence-corrected chi connectivity index (χ0v) is 21.4. The maximum atomic E-state index is 11.8. The van der Waals surface area contributed by atoms with Crippen LogP contribution in [0.15, 0.2) is 0 Å². The molecule has 0 aliphatic rings. The molecule has 0 amide bonds. The van der Waals surface area contributed by atoms with E-state index in [0.717, 1.165) is 12.8 Å². The van der Waals surface area contributed by atoms with E-state index in [1.165, 1.54) is 83.5 Å². The monoisotopic (exact) mass is 450 g/mol. The van der Waals surface area contributed by atoms with Gasteiger partial charge in [0, 0.05) is 12.8 Å². The second-order valence-corrected chi connectivity index (χ2v) is 8.80. The van der Waals surface area contributed by atoms with Gasteiger partial charge in [0.2, 0.25) is 0 Å². The normalized spacial score (nSPS) is 11.5. The molecule has 1 unspecified atom stereocenters. The number of carbonyl (C=O) groups is 2. The Morgan fingerprint density at radius 3 is 1.59 bits per heavy atom. The predicted molar refractivity (Wildman–Crippen MR) is 133 cm³/mol. The van der Waals surface area contributed by atoms with Crippen LogP contribution in [0.2, 0.25) is 0 Å². The highest BCUT2D eigenvalue weighted by molar-refractivity contribution is 5.72. The van der Waals surface area contributed by atoms with E-state index in [-0.39, 0.29) is 30.9 Å². The van der Waals surface area contributed by atoms with Crippen LogP contribution < -0.4 is 0 Å². The van der Waals surface area contributed by atoms with Crippen molar-refractivity contribution in [3.05, 3.63) is 0 Å². The molecule has 1 atom stereocenters. The Morgan fingerprint density at radius 1 is 0.656 bits per heavy atom. The van der Waals surface area contributed by atoms with E-state index in [4.69, 9.17) is 9.47 Å². The Labute approximate surface area is 198 Å². The molecule has 0 aliphatic carbocycles. The van der Waals surface area contributed by atoms with Crippen LogP contribution in [0.4, 0.5) is 0 Å². The molecule has 0 saturated carbocycles. The highest BCUT2D eigenvalue weighted by Crippen LogP contribution is 2.13. The molecular formula is C28H50O4. The molecule has 0 aliphatic heterocycles. The van der Waals surface area contributed by atoms with E-state index in [0.29, 0.717) is 19.4 Å². The summed E-state index contributed by atoms with van der Waals surface area (Å²) in [6, 6.07) is 0. The van der Waals surface area contributed by atoms with Gasteiger partial charge in [-0.15, -0.1) is 5.92 Å². The summed E-state index contributed by atoms with van der Waals surface area (Å²) in [7, 11) is 0. The van der Waals surface area contributed by atoms with Gasteiger partial charge in [-0.2, -0.15) is 0 Å². The first-order valence-corrected chi connectivity index (χ1v) is 13.4. The number of unbranched alkanes of at least 4 members (excludes halogenated alkanes) is 14. The Morgan fingerprint density at radius 2 is 1.12 bits per heavy atom. The number of ether oxygens (including phenoxy) is 2. The summed E-state index contributed by atoms with van der Waals surface area (Å²) in [5, 5.41) is 0. The molecule has 0 saturated heterocycles. The van der Waals surface area contributed by atoms with Gasteiger partial charge in [-0.1, -0.05) is 110 Å². The molecule has 0 N–H and O–H groups in total. The van der Waals surface area contributed by atoms with Gasteiger partial charge in [-0.05, 0) is 26.2 Å². The lowest BCUT2D eigenvalue weighted by Crippen LogP contribution is -2.16. The minimum Gasteiger partial charge on any atom is -0.466 e. The van der Waals surface area contributed by atoms with Crippen molar-refractivity contribution in [1.82, 2.24) is 0 Å². The van der Waals surface area contributed by atoms with E-state index >= 15 is 0 Å². The number of hydrogen-bond acceptors (Lipinski definition) is 4. The third kappa shape index (κ3) is 21.7. The quantitative estimate of drug-likeness (QED) is 0.0955. The van der Waals surface area contributed by atoms with E-state index in [1.807, 2.05) is 6.92 Å². The third-order valence-corrected chi connectivity index (χ3v) is 5.72. The van der Waals surface area contributed by atoms with Crippen molar-refractivity contribution >= 4 is 11.9 Å². The molecule has 0 aromatic heterocycles. The van der Waals surface area contributed by atoms with Crippen LogP contribution in [-0.4, -0.2) is 24.6 Å². The average molecular weight is 451 g/mol. The maximum Gasteiger partial charge on any atom is 0.307 e. The number of esters is 2. The van der Waals surface area contributed by atoms with Crippen molar-refractivity contribution in [2.75, 3.05) is 6.61 Å². The van der Waals surface area contributed by atoms with Crippen molar-refractivity contribution in [3.8, 4) is 11.8 Å². The largest absolute Gasteiger partial charge is 0.466 e. The Hall–Kier alpha value is -1.50. The summed E-state index contributed by atoms with van der Waals surface area (Å²) >= 11 is 0. The molecule has 0 heterocycles. The minimum atomic E-state index is -0.343. The highest BCUT2D eigenvalue weighted by atomic mass is 16.5. The van der Waals surface area contributed by atoms with Gasteiger partial charge in [0.15, 0.2) is 6.10 Å². The molecule has 186 valence electrons. The van der Waals surface area contributed by atoms with E-state index < -0.39 is 0 Å². The first-order chi connectivity index (χ1) is 15.6. The van der Waals surface area contributed by atoms with Crippen molar-refractivity contribution in [2.24, 2.45) is 0 Å². The smallest absolute Gasteiger partial charge is 0.307 e. The molecule has 0 fully saturated rings. The lowest BCUT2D eigenvalue weighted by Gasteiger charge is -2.10. The van der Waals surface area contributed by atoms with Crippen LogP contribution in [0.1, 0.15) is 143 Å². The molecule has 0 bridgehead atoms. The molecular weight excluding hydrogens is 400 g/mol. The van der Waals surface area contributed by atoms with Crippen molar-refractivity contribution in [1.29, 1.82) is 0 Å². The third-order valence-electron chi connectivity index (χ3n) is 5.72. The van der Waals surface area contributed by atoms with Crippen molar-refractivity contribution in [2.45, 2.75) is 149 Å². The number of hydrogen-bond donors (Lipinski definition) is 0. The molecule has 0 rings (SSSR count). The second-order valence-electron chi connectivity index (χ2n) is 8.80. The van der Waals surface area contributed by atoms with Crippen LogP contribution in [0.5, 0.6) is 0 Å². The summed E-state index contributed by atoms with van der Waals surface area (Å²) in [5.74, 6) is 5.10. The minimum absolute atomic E-state index is 0.219. The lowest BCUT2D eigenvalue weighted by molar-refractivity contribution is -0.147. The molecule has 4 nitrogen and oxygen atoms in total. The van der Waals surface area contributed by atoms with Crippen LogP contribution in [0.25, 0.3) is 0 Å². The molecule has 4 heteroatoms. The van der Waals surface area contributed by atoms with Gasteiger partial charge in [-0.3, -0.25) is 9.59 Å².